The molecule has 0 saturated heterocycles. The van der Waals surface area contributed by atoms with Crippen LogP contribution in [0.3, 0.4) is 0 Å². The molecule has 0 spiro atoms. The summed E-state index contributed by atoms with van der Waals surface area (Å²) in [5.41, 5.74) is 0. The summed E-state index contributed by atoms with van der Waals surface area (Å²) >= 11 is 0. The molecule has 18 heavy (non-hydrogen) atoms. The molecule has 1 unspecified atom stereocenters. The summed E-state index contributed by atoms with van der Waals surface area (Å²) in [6.45, 7) is 1.94. The molecule has 1 rings (SSSR count). The van der Waals surface area contributed by atoms with Crippen LogP contribution in [0.5, 0.6) is 0 Å². The predicted molar refractivity (Wildman–Crippen MR) is 65.6 cm³/mol. The smallest absolute Gasteiger partial charge is 0.306 e. The first-order valence-electron chi connectivity index (χ1n) is 5.90. The molecule has 0 aromatic heterocycles. The Kier molecular flexibility index (Phi) is 5.13. The molecule has 1 amide bonds. The Morgan fingerprint density at radius 3 is 2.50 bits per heavy atom. The van der Waals surface area contributed by atoms with Crippen LogP contribution in [-0.4, -0.2) is 45.0 Å². The van der Waals surface area contributed by atoms with Crippen LogP contribution >= 0.6 is 0 Å². The Balaban J connectivity index is 2.40. The number of carbonyl (C=O) groups is 2. The Labute approximate surface area is 107 Å². The summed E-state index contributed by atoms with van der Waals surface area (Å²) in [7, 11) is -2.41. The van der Waals surface area contributed by atoms with Gasteiger partial charge in [-0.1, -0.05) is 0 Å². The van der Waals surface area contributed by atoms with E-state index >= 15 is 0 Å². The molecule has 0 heterocycles. The number of carbonyl (C=O) groups excluding carboxylic acids is 2. The van der Waals surface area contributed by atoms with Gasteiger partial charge in [0.15, 0.2) is 9.84 Å². The maximum Gasteiger partial charge on any atom is 0.306 e. The van der Waals surface area contributed by atoms with Crippen molar-refractivity contribution in [3.8, 4) is 0 Å². The number of rotatable bonds is 7. The Hall–Kier alpha value is -1.11. The molecule has 1 atom stereocenters. The zero-order chi connectivity index (χ0) is 13.8. The van der Waals surface area contributed by atoms with Gasteiger partial charge in [0.25, 0.3) is 0 Å². The summed E-state index contributed by atoms with van der Waals surface area (Å²) in [5.74, 6) is -1.16. The highest BCUT2D eigenvalue weighted by Gasteiger charge is 2.28. The van der Waals surface area contributed by atoms with Crippen LogP contribution in [0.1, 0.15) is 26.2 Å². The second kappa shape index (κ2) is 6.17. The number of nitrogens with one attached hydrogen (secondary N) is 1. The average molecular weight is 277 g/mol. The molecule has 0 aromatic carbocycles. The van der Waals surface area contributed by atoms with Gasteiger partial charge < -0.3 is 10.1 Å². The SMILES string of the molecule is COC(=O)CC(C)S(=O)(=O)CC(=O)NCC1CC1. The topological polar surface area (TPSA) is 89.5 Å². The summed E-state index contributed by atoms with van der Waals surface area (Å²) < 4.78 is 28.0. The van der Waals surface area contributed by atoms with Crippen molar-refractivity contribution < 1.29 is 22.7 Å². The zero-order valence-corrected chi connectivity index (χ0v) is 11.5. The minimum absolute atomic E-state index is 0.227. The quantitative estimate of drug-likeness (QED) is 0.655. The third-order valence-corrected chi connectivity index (χ3v) is 4.97. The minimum atomic E-state index is -3.61. The first kappa shape index (κ1) is 14.9. The highest BCUT2D eigenvalue weighted by atomic mass is 32.2. The van der Waals surface area contributed by atoms with Crippen molar-refractivity contribution in [2.45, 2.75) is 31.4 Å². The second-order valence-corrected chi connectivity index (χ2v) is 7.06. The van der Waals surface area contributed by atoms with Crippen LogP contribution in [0.15, 0.2) is 0 Å². The molecule has 1 saturated carbocycles. The highest BCUT2D eigenvalue weighted by molar-refractivity contribution is 7.92. The third-order valence-electron chi connectivity index (χ3n) is 2.91. The maximum atomic E-state index is 11.8. The molecular weight excluding hydrogens is 258 g/mol. The van der Waals surface area contributed by atoms with Crippen molar-refractivity contribution in [3.63, 3.8) is 0 Å². The fraction of sp³-hybridized carbons (Fsp3) is 0.818. The van der Waals surface area contributed by atoms with E-state index < -0.39 is 32.7 Å². The molecule has 0 bridgehead atoms. The molecule has 1 aliphatic carbocycles. The highest BCUT2D eigenvalue weighted by Crippen LogP contribution is 2.27. The maximum absolute atomic E-state index is 11.8. The van der Waals surface area contributed by atoms with Crippen molar-refractivity contribution >= 4 is 21.7 Å². The van der Waals surface area contributed by atoms with Gasteiger partial charge in [-0.2, -0.15) is 0 Å². The molecule has 7 heteroatoms. The number of amides is 1. The van der Waals surface area contributed by atoms with E-state index in [1.807, 2.05) is 0 Å². The van der Waals surface area contributed by atoms with E-state index in [1.54, 1.807) is 0 Å². The summed E-state index contributed by atoms with van der Waals surface area (Å²) in [4.78, 5) is 22.4. The van der Waals surface area contributed by atoms with Gasteiger partial charge in [-0.05, 0) is 25.7 Å². The van der Waals surface area contributed by atoms with Crippen molar-refractivity contribution in [1.82, 2.24) is 5.32 Å². The van der Waals surface area contributed by atoms with Gasteiger partial charge in [0, 0.05) is 6.54 Å². The lowest BCUT2D eigenvalue weighted by molar-refractivity contribution is -0.140. The first-order chi connectivity index (χ1) is 8.35. The van der Waals surface area contributed by atoms with E-state index in [2.05, 4.69) is 10.1 Å². The van der Waals surface area contributed by atoms with Gasteiger partial charge in [0.1, 0.15) is 5.75 Å². The van der Waals surface area contributed by atoms with Crippen LogP contribution in [0.4, 0.5) is 0 Å². The average Bonchev–Trinajstić information content (AvgIpc) is 3.09. The molecule has 0 radical (unpaired) electrons. The molecule has 1 fully saturated rings. The van der Waals surface area contributed by atoms with E-state index in [1.165, 1.54) is 14.0 Å². The lowest BCUT2D eigenvalue weighted by atomic mass is 10.3. The summed E-state index contributed by atoms with van der Waals surface area (Å²) in [6, 6.07) is 0. The summed E-state index contributed by atoms with van der Waals surface area (Å²) in [6.07, 6.45) is 1.95. The number of methoxy groups -OCH3 is 1. The first-order valence-corrected chi connectivity index (χ1v) is 7.61. The minimum Gasteiger partial charge on any atom is -0.469 e. The van der Waals surface area contributed by atoms with Gasteiger partial charge in [-0.3, -0.25) is 9.59 Å². The van der Waals surface area contributed by atoms with Crippen molar-refractivity contribution in [2.75, 3.05) is 19.4 Å². The van der Waals surface area contributed by atoms with Gasteiger partial charge in [0.05, 0.1) is 18.8 Å². The Morgan fingerprint density at radius 1 is 1.39 bits per heavy atom. The van der Waals surface area contributed by atoms with Crippen LogP contribution in [0.25, 0.3) is 0 Å². The van der Waals surface area contributed by atoms with Gasteiger partial charge in [0.2, 0.25) is 5.91 Å². The van der Waals surface area contributed by atoms with Crippen molar-refractivity contribution in [1.29, 1.82) is 0 Å². The van der Waals surface area contributed by atoms with Gasteiger partial charge in [-0.15, -0.1) is 0 Å². The van der Waals surface area contributed by atoms with E-state index in [4.69, 9.17) is 0 Å². The third kappa shape index (κ3) is 5.03. The predicted octanol–water partition coefficient (Wildman–Crippen LogP) is -0.121. The summed E-state index contributed by atoms with van der Waals surface area (Å²) in [5, 5.41) is 1.68. The van der Waals surface area contributed by atoms with Crippen molar-refractivity contribution in [2.24, 2.45) is 5.92 Å². The lowest BCUT2D eigenvalue weighted by Gasteiger charge is -2.11. The van der Waals surface area contributed by atoms with E-state index in [9.17, 15) is 18.0 Å². The molecule has 1 N–H and O–H groups in total. The monoisotopic (exact) mass is 277 g/mol. The number of hydrogen-bond acceptors (Lipinski definition) is 5. The van der Waals surface area contributed by atoms with E-state index in [0.29, 0.717) is 12.5 Å². The number of hydrogen-bond donors (Lipinski definition) is 1. The lowest BCUT2D eigenvalue weighted by Crippen LogP contribution is -2.35. The zero-order valence-electron chi connectivity index (χ0n) is 10.6. The van der Waals surface area contributed by atoms with Crippen LogP contribution < -0.4 is 5.32 Å². The Bertz CT molecular complexity index is 413. The molecule has 104 valence electrons. The molecule has 1 aliphatic rings. The molecule has 6 nitrogen and oxygen atoms in total. The molecule has 0 aromatic rings. The molecule has 0 aliphatic heterocycles. The number of esters is 1. The van der Waals surface area contributed by atoms with Crippen LogP contribution in [0, 0.1) is 5.92 Å². The largest absolute Gasteiger partial charge is 0.469 e. The fourth-order valence-electron chi connectivity index (χ4n) is 1.40. The normalized spacial score (nSPS) is 17.0. The van der Waals surface area contributed by atoms with Crippen molar-refractivity contribution in [3.05, 3.63) is 0 Å². The van der Waals surface area contributed by atoms with Gasteiger partial charge in [-0.25, -0.2) is 8.42 Å². The Morgan fingerprint density at radius 2 is 2.00 bits per heavy atom. The number of sulfone groups is 1. The standard InChI is InChI=1S/C11H19NO5S/c1-8(5-11(14)17-2)18(15,16)7-10(13)12-6-9-3-4-9/h8-9H,3-7H2,1-2H3,(H,12,13). The molecular formula is C11H19NO5S. The van der Waals surface area contributed by atoms with Crippen LogP contribution in [0.2, 0.25) is 0 Å². The second-order valence-electron chi connectivity index (χ2n) is 4.65. The van der Waals surface area contributed by atoms with Gasteiger partial charge >= 0.3 is 5.97 Å². The van der Waals surface area contributed by atoms with E-state index in [0.717, 1.165) is 12.8 Å². The fourth-order valence-corrected chi connectivity index (χ4v) is 2.54. The van der Waals surface area contributed by atoms with Crippen LogP contribution in [-0.2, 0) is 24.2 Å². The number of ether oxygens (including phenoxy) is 1. The van der Waals surface area contributed by atoms with E-state index in [-0.39, 0.29) is 6.42 Å².